The van der Waals surface area contributed by atoms with Gasteiger partial charge in [-0.05, 0) is 45.1 Å². The molecule has 0 aromatic rings. The highest BCUT2D eigenvalue weighted by Crippen LogP contribution is 2.49. The number of morpholine rings is 1. The van der Waals surface area contributed by atoms with Crippen molar-refractivity contribution >= 4 is 0 Å². The molecule has 1 aliphatic carbocycles. The smallest absolute Gasteiger partial charge is 0.0645 e. The summed E-state index contributed by atoms with van der Waals surface area (Å²) < 4.78 is 5.54. The zero-order chi connectivity index (χ0) is 10.9. The summed E-state index contributed by atoms with van der Waals surface area (Å²) in [5.41, 5.74) is 6.45. The number of ether oxygens (including phenoxy) is 1. The molecule has 0 aromatic heterocycles. The summed E-state index contributed by atoms with van der Waals surface area (Å²) in [5.74, 6) is 0. The van der Waals surface area contributed by atoms with Gasteiger partial charge >= 0.3 is 0 Å². The minimum absolute atomic E-state index is 0.211. The summed E-state index contributed by atoms with van der Waals surface area (Å²) >= 11 is 0. The Kier molecular flexibility index (Phi) is 3.06. The Morgan fingerprint density at radius 3 is 2.60 bits per heavy atom. The summed E-state index contributed by atoms with van der Waals surface area (Å²) in [5, 5.41) is 0. The van der Waals surface area contributed by atoms with E-state index < -0.39 is 0 Å². The maximum atomic E-state index is 5.68. The van der Waals surface area contributed by atoms with Crippen molar-refractivity contribution < 1.29 is 4.74 Å². The molecule has 1 heterocycles. The molecule has 3 nitrogen and oxygen atoms in total. The van der Waals surface area contributed by atoms with E-state index in [4.69, 9.17) is 10.5 Å². The van der Waals surface area contributed by atoms with Crippen LogP contribution in [0.1, 0.15) is 33.1 Å². The Balaban J connectivity index is 1.92. The van der Waals surface area contributed by atoms with E-state index in [9.17, 15) is 0 Å². The van der Waals surface area contributed by atoms with Crippen molar-refractivity contribution in [2.45, 2.75) is 38.6 Å². The summed E-state index contributed by atoms with van der Waals surface area (Å²) in [6, 6.07) is 0. The van der Waals surface area contributed by atoms with Gasteiger partial charge in [0.1, 0.15) is 0 Å². The molecule has 0 spiro atoms. The second-order valence-electron chi connectivity index (χ2n) is 5.83. The third-order valence-corrected chi connectivity index (χ3v) is 3.97. The Hall–Kier alpha value is -0.120. The predicted molar refractivity (Wildman–Crippen MR) is 61.8 cm³/mol. The van der Waals surface area contributed by atoms with E-state index in [1.165, 1.54) is 25.8 Å². The Bertz CT molecular complexity index is 224. The standard InChI is InChI=1S/C12H24N2O/c1-11(2)10-15-8-7-14(11)9-12(3-4-12)5-6-13/h3-10,13H2,1-2H3. The van der Waals surface area contributed by atoms with Gasteiger partial charge in [-0.25, -0.2) is 0 Å². The molecule has 0 unspecified atom stereocenters. The van der Waals surface area contributed by atoms with Crippen LogP contribution < -0.4 is 5.73 Å². The van der Waals surface area contributed by atoms with E-state index in [0.29, 0.717) is 5.41 Å². The second kappa shape index (κ2) is 4.04. The first-order chi connectivity index (χ1) is 7.08. The van der Waals surface area contributed by atoms with Gasteiger partial charge in [-0.1, -0.05) is 0 Å². The van der Waals surface area contributed by atoms with Gasteiger partial charge in [-0.15, -0.1) is 0 Å². The molecule has 2 N–H and O–H groups in total. The molecular weight excluding hydrogens is 188 g/mol. The molecule has 0 bridgehead atoms. The van der Waals surface area contributed by atoms with Crippen LogP contribution in [0.15, 0.2) is 0 Å². The van der Waals surface area contributed by atoms with Gasteiger partial charge in [-0.2, -0.15) is 0 Å². The Morgan fingerprint density at radius 2 is 2.07 bits per heavy atom. The van der Waals surface area contributed by atoms with E-state index in [-0.39, 0.29) is 5.54 Å². The molecule has 1 aliphatic heterocycles. The SMILES string of the molecule is CC1(C)COCCN1CC1(CCN)CC1. The number of nitrogens with two attached hydrogens (primary N) is 1. The normalized spacial score (nSPS) is 29.0. The highest BCUT2D eigenvalue weighted by atomic mass is 16.5. The average Bonchev–Trinajstić information content (AvgIpc) is 2.90. The van der Waals surface area contributed by atoms with Crippen molar-refractivity contribution in [3.8, 4) is 0 Å². The van der Waals surface area contributed by atoms with Crippen molar-refractivity contribution in [3.05, 3.63) is 0 Å². The molecule has 0 atom stereocenters. The first-order valence-electron chi connectivity index (χ1n) is 6.11. The van der Waals surface area contributed by atoms with Crippen LogP contribution >= 0.6 is 0 Å². The molecule has 2 rings (SSSR count). The van der Waals surface area contributed by atoms with Crippen LogP contribution in [0.5, 0.6) is 0 Å². The minimum atomic E-state index is 0.211. The van der Waals surface area contributed by atoms with E-state index in [0.717, 1.165) is 26.3 Å². The van der Waals surface area contributed by atoms with Gasteiger partial charge < -0.3 is 10.5 Å². The van der Waals surface area contributed by atoms with Crippen LogP contribution in [0.3, 0.4) is 0 Å². The lowest BCUT2D eigenvalue weighted by molar-refractivity contribution is -0.0595. The number of nitrogens with zero attached hydrogens (tertiary/aromatic N) is 1. The Morgan fingerprint density at radius 1 is 1.33 bits per heavy atom. The number of hydrogen-bond donors (Lipinski definition) is 1. The largest absolute Gasteiger partial charge is 0.378 e. The molecule has 88 valence electrons. The lowest BCUT2D eigenvalue weighted by Gasteiger charge is -2.44. The van der Waals surface area contributed by atoms with Crippen molar-refractivity contribution in [1.82, 2.24) is 4.90 Å². The van der Waals surface area contributed by atoms with E-state index in [2.05, 4.69) is 18.7 Å². The maximum Gasteiger partial charge on any atom is 0.0645 e. The van der Waals surface area contributed by atoms with Crippen LogP contribution in [0.2, 0.25) is 0 Å². The molecule has 0 radical (unpaired) electrons. The fraction of sp³-hybridized carbons (Fsp3) is 1.00. The monoisotopic (exact) mass is 212 g/mol. The van der Waals surface area contributed by atoms with E-state index in [1.54, 1.807) is 0 Å². The van der Waals surface area contributed by atoms with Gasteiger partial charge in [0.05, 0.1) is 13.2 Å². The van der Waals surface area contributed by atoms with Crippen molar-refractivity contribution in [2.24, 2.45) is 11.1 Å². The molecule has 3 heteroatoms. The first kappa shape index (κ1) is 11.4. The fourth-order valence-corrected chi connectivity index (χ4v) is 2.56. The quantitative estimate of drug-likeness (QED) is 0.761. The highest BCUT2D eigenvalue weighted by Gasteiger charge is 2.45. The third-order valence-electron chi connectivity index (χ3n) is 3.97. The average molecular weight is 212 g/mol. The molecule has 0 amide bonds. The second-order valence-corrected chi connectivity index (χ2v) is 5.83. The highest BCUT2D eigenvalue weighted by molar-refractivity contribution is 4.98. The van der Waals surface area contributed by atoms with Gasteiger partial charge in [0.15, 0.2) is 0 Å². The number of rotatable bonds is 4. The lowest BCUT2D eigenvalue weighted by Crippen LogP contribution is -2.54. The van der Waals surface area contributed by atoms with Crippen LogP contribution in [0, 0.1) is 5.41 Å². The van der Waals surface area contributed by atoms with E-state index >= 15 is 0 Å². The van der Waals surface area contributed by atoms with Gasteiger partial charge in [-0.3, -0.25) is 4.90 Å². The number of hydrogen-bond acceptors (Lipinski definition) is 3. The summed E-state index contributed by atoms with van der Waals surface area (Å²) in [6.07, 6.45) is 3.94. The van der Waals surface area contributed by atoms with Gasteiger partial charge in [0, 0.05) is 18.6 Å². The van der Waals surface area contributed by atoms with Crippen LogP contribution in [0.25, 0.3) is 0 Å². The lowest BCUT2D eigenvalue weighted by atomic mass is 9.96. The Labute approximate surface area is 93.0 Å². The molecule has 1 saturated carbocycles. The zero-order valence-electron chi connectivity index (χ0n) is 10.1. The van der Waals surface area contributed by atoms with Gasteiger partial charge in [0.2, 0.25) is 0 Å². The van der Waals surface area contributed by atoms with Crippen molar-refractivity contribution in [2.75, 3.05) is 32.8 Å². The zero-order valence-corrected chi connectivity index (χ0v) is 10.1. The minimum Gasteiger partial charge on any atom is -0.378 e. The molecule has 2 fully saturated rings. The molecule has 2 aliphatic rings. The van der Waals surface area contributed by atoms with Crippen LogP contribution in [0.4, 0.5) is 0 Å². The molecule has 15 heavy (non-hydrogen) atoms. The fourth-order valence-electron chi connectivity index (χ4n) is 2.56. The summed E-state index contributed by atoms with van der Waals surface area (Å²) in [6.45, 7) is 9.47. The molecule has 1 saturated heterocycles. The molecule has 0 aromatic carbocycles. The molecular formula is C12H24N2O. The van der Waals surface area contributed by atoms with Gasteiger partial charge in [0.25, 0.3) is 0 Å². The third kappa shape index (κ3) is 2.52. The first-order valence-corrected chi connectivity index (χ1v) is 6.11. The van der Waals surface area contributed by atoms with E-state index in [1.807, 2.05) is 0 Å². The summed E-state index contributed by atoms with van der Waals surface area (Å²) in [7, 11) is 0. The van der Waals surface area contributed by atoms with Crippen LogP contribution in [-0.4, -0.2) is 43.3 Å². The predicted octanol–water partition coefficient (Wildman–Crippen LogP) is 1.23. The topological polar surface area (TPSA) is 38.5 Å². The summed E-state index contributed by atoms with van der Waals surface area (Å²) in [4.78, 5) is 2.60. The van der Waals surface area contributed by atoms with Crippen molar-refractivity contribution in [3.63, 3.8) is 0 Å². The van der Waals surface area contributed by atoms with Crippen LogP contribution in [-0.2, 0) is 4.74 Å². The maximum absolute atomic E-state index is 5.68. The van der Waals surface area contributed by atoms with Crippen molar-refractivity contribution in [1.29, 1.82) is 0 Å².